The molecule has 24 heavy (non-hydrogen) atoms. The SMILES string of the molecule is CNc1ccccc1C(=O)Nc1ccccc1Cc1ccccc1. The molecule has 0 aliphatic carbocycles. The van der Waals surface area contributed by atoms with Gasteiger partial charge in [-0.15, -0.1) is 0 Å². The average molecular weight is 316 g/mol. The lowest BCUT2D eigenvalue weighted by molar-refractivity contribution is 0.102. The van der Waals surface area contributed by atoms with Crippen LogP contribution in [-0.4, -0.2) is 13.0 Å². The Labute approximate surface area is 142 Å². The van der Waals surface area contributed by atoms with E-state index in [9.17, 15) is 4.79 Å². The van der Waals surface area contributed by atoms with E-state index < -0.39 is 0 Å². The molecule has 0 radical (unpaired) electrons. The quantitative estimate of drug-likeness (QED) is 0.724. The topological polar surface area (TPSA) is 41.1 Å². The van der Waals surface area contributed by atoms with Crippen molar-refractivity contribution in [3.63, 3.8) is 0 Å². The number of para-hydroxylation sites is 2. The van der Waals surface area contributed by atoms with Crippen molar-refractivity contribution < 1.29 is 4.79 Å². The summed E-state index contributed by atoms with van der Waals surface area (Å²) in [7, 11) is 1.81. The molecule has 0 aliphatic rings. The van der Waals surface area contributed by atoms with Crippen molar-refractivity contribution in [1.29, 1.82) is 0 Å². The molecule has 3 rings (SSSR count). The number of carbonyl (C=O) groups excluding carboxylic acids is 1. The third kappa shape index (κ3) is 3.63. The largest absolute Gasteiger partial charge is 0.387 e. The molecule has 0 fully saturated rings. The summed E-state index contributed by atoms with van der Waals surface area (Å²) in [5.41, 5.74) is 4.61. The van der Waals surface area contributed by atoms with Gasteiger partial charge >= 0.3 is 0 Å². The van der Waals surface area contributed by atoms with E-state index in [0.717, 1.165) is 23.4 Å². The van der Waals surface area contributed by atoms with Crippen molar-refractivity contribution in [3.8, 4) is 0 Å². The van der Waals surface area contributed by atoms with Crippen molar-refractivity contribution in [3.05, 3.63) is 95.6 Å². The lowest BCUT2D eigenvalue weighted by Gasteiger charge is -2.13. The van der Waals surface area contributed by atoms with Gasteiger partial charge in [-0.05, 0) is 35.7 Å². The summed E-state index contributed by atoms with van der Waals surface area (Å²) in [6, 6.07) is 25.7. The Bertz CT molecular complexity index is 828. The summed E-state index contributed by atoms with van der Waals surface area (Å²) in [6.07, 6.45) is 0.783. The van der Waals surface area contributed by atoms with Crippen LogP contribution in [-0.2, 0) is 6.42 Å². The van der Waals surface area contributed by atoms with Crippen molar-refractivity contribution in [1.82, 2.24) is 0 Å². The highest BCUT2D eigenvalue weighted by atomic mass is 16.1. The number of hydrogen-bond donors (Lipinski definition) is 2. The van der Waals surface area contributed by atoms with Crippen molar-refractivity contribution in [2.45, 2.75) is 6.42 Å². The van der Waals surface area contributed by atoms with Gasteiger partial charge in [-0.25, -0.2) is 0 Å². The van der Waals surface area contributed by atoms with Crippen LogP contribution in [0.25, 0.3) is 0 Å². The first-order valence-corrected chi connectivity index (χ1v) is 7.98. The van der Waals surface area contributed by atoms with Crippen LogP contribution >= 0.6 is 0 Å². The fourth-order valence-electron chi connectivity index (χ4n) is 2.70. The van der Waals surface area contributed by atoms with Crippen LogP contribution in [0.1, 0.15) is 21.5 Å². The molecule has 0 heterocycles. The molecule has 0 aromatic heterocycles. The molecule has 2 N–H and O–H groups in total. The number of amides is 1. The zero-order chi connectivity index (χ0) is 16.8. The van der Waals surface area contributed by atoms with Crippen LogP contribution in [0.15, 0.2) is 78.9 Å². The smallest absolute Gasteiger partial charge is 0.257 e. The molecule has 3 aromatic rings. The Balaban J connectivity index is 1.84. The summed E-state index contributed by atoms with van der Waals surface area (Å²) < 4.78 is 0. The van der Waals surface area contributed by atoms with Crippen molar-refractivity contribution in [2.24, 2.45) is 0 Å². The van der Waals surface area contributed by atoms with Crippen LogP contribution in [0.3, 0.4) is 0 Å². The molecular formula is C21H20N2O. The van der Waals surface area contributed by atoms with E-state index in [-0.39, 0.29) is 5.91 Å². The van der Waals surface area contributed by atoms with Gasteiger partial charge in [-0.1, -0.05) is 60.7 Å². The minimum atomic E-state index is -0.111. The molecule has 3 nitrogen and oxygen atoms in total. The Morgan fingerprint density at radius 3 is 2.17 bits per heavy atom. The van der Waals surface area contributed by atoms with Crippen LogP contribution in [0.4, 0.5) is 11.4 Å². The molecule has 0 unspecified atom stereocenters. The fraction of sp³-hybridized carbons (Fsp3) is 0.0952. The maximum Gasteiger partial charge on any atom is 0.257 e. The first-order chi connectivity index (χ1) is 11.8. The Kier molecular flexibility index (Phi) is 4.92. The van der Waals surface area contributed by atoms with E-state index in [1.54, 1.807) is 0 Å². The van der Waals surface area contributed by atoms with Crippen LogP contribution in [0.2, 0.25) is 0 Å². The van der Waals surface area contributed by atoms with Crippen molar-refractivity contribution >= 4 is 17.3 Å². The second-order valence-corrected chi connectivity index (χ2v) is 5.57. The van der Waals surface area contributed by atoms with Crippen LogP contribution < -0.4 is 10.6 Å². The fourth-order valence-corrected chi connectivity index (χ4v) is 2.70. The molecule has 0 atom stereocenters. The standard InChI is InChI=1S/C21H20N2O/c1-22-20-14-8-6-12-18(20)21(24)23-19-13-7-5-11-17(19)15-16-9-3-2-4-10-16/h2-14,22H,15H2,1H3,(H,23,24). The zero-order valence-corrected chi connectivity index (χ0v) is 13.6. The number of hydrogen-bond acceptors (Lipinski definition) is 2. The van der Waals surface area contributed by atoms with Gasteiger partial charge in [0.1, 0.15) is 0 Å². The minimum absolute atomic E-state index is 0.111. The van der Waals surface area contributed by atoms with E-state index in [0.29, 0.717) is 5.56 Å². The third-order valence-electron chi connectivity index (χ3n) is 3.94. The first kappa shape index (κ1) is 15.8. The predicted octanol–water partition coefficient (Wildman–Crippen LogP) is 4.57. The number of carbonyl (C=O) groups is 1. The second-order valence-electron chi connectivity index (χ2n) is 5.57. The van der Waals surface area contributed by atoms with Crippen LogP contribution in [0, 0.1) is 0 Å². The number of rotatable bonds is 5. The molecule has 3 aromatic carbocycles. The minimum Gasteiger partial charge on any atom is -0.387 e. The van der Waals surface area contributed by atoms with Gasteiger partial charge in [0.05, 0.1) is 5.56 Å². The normalized spacial score (nSPS) is 10.2. The van der Waals surface area contributed by atoms with E-state index in [1.807, 2.05) is 73.8 Å². The zero-order valence-electron chi connectivity index (χ0n) is 13.6. The molecule has 0 aliphatic heterocycles. The van der Waals surface area contributed by atoms with Crippen molar-refractivity contribution in [2.75, 3.05) is 17.7 Å². The Morgan fingerprint density at radius 1 is 0.792 bits per heavy atom. The molecule has 120 valence electrons. The highest BCUT2D eigenvalue weighted by Crippen LogP contribution is 2.21. The van der Waals surface area contributed by atoms with Gasteiger partial charge in [0.25, 0.3) is 5.91 Å². The average Bonchev–Trinajstić information content (AvgIpc) is 2.64. The van der Waals surface area contributed by atoms with Crippen LogP contribution in [0.5, 0.6) is 0 Å². The highest BCUT2D eigenvalue weighted by Gasteiger charge is 2.12. The van der Waals surface area contributed by atoms with E-state index in [1.165, 1.54) is 5.56 Å². The number of anilines is 2. The lowest BCUT2D eigenvalue weighted by atomic mass is 10.0. The summed E-state index contributed by atoms with van der Waals surface area (Å²) >= 11 is 0. The first-order valence-electron chi connectivity index (χ1n) is 7.98. The summed E-state index contributed by atoms with van der Waals surface area (Å²) in [4.78, 5) is 12.6. The monoisotopic (exact) mass is 316 g/mol. The highest BCUT2D eigenvalue weighted by molar-refractivity contribution is 6.08. The van der Waals surface area contributed by atoms with E-state index >= 15 is 0 Å². The second kappa shape index (κ2) is 7.47. The molecule has 0 saturated heterocycles. The number of nitrogens with one attached hydrogen (secondary N) is 2. The van der Waals surface area contributed by atoms with E-state index in [2.05, 4.69) is 22.8 Å². The Hall–Kier alpha value is -3.07. The molecule has 3 heteroatoms. The van der Waals surface area contributed by atoms with Gasteiger partial charge in [-0.2, -0.15) is 0 Å². The van der Waals surface area contributed by atoms with E-state index in [4.69, 9.17) is 0 Å². The van der Waals surface area contributed by atoms with Gasteiger partial charge < -0.3 is 10.6 Å². The van der Waals surface area contributed by atoms with Gasteiger partial charge in [0.2, 0.25) is 0 Å². The maximum absolute atomic E-state index is 12.6. The molecule has 0 saturated carbocycles. The molecular weight excluding hydrogens is 296 g/mol. The molecule has 1 amide bonds. The predicted molar refractivity (Wildman–Crippen MR) is 99.6 cm³/mol. The molecule has 0 spiro atoms. The van der Waals surface area contributed by atoms with Gasteiger partial charge in [0.15, 0.2) is 0 Å². The van der Waals surface area contributed by atoms with Gasteiger partial charge in [0, 0.05) is 18.4 Å². The lowest BCUT2D eigenvalue weighted by Crippen LogP contribution is -2.15. The van der Waals surface area contributed by atoms with Gasteiger partial charge in [-0.3, -0.25) is 4.79 Å². The maximum atomic E-state index is 12.6. The third-order valence-corrected chi connectivity index (χ3v) is 3.94. The molecule has 0 bridgehead atoms. The summed E-state index contributed by atoms with van der Waals surface area (Å²) in [6.45, 7) is 0. The summed E-state index contributed by atoms with van der Waals surface area (Å²) in [5.74, 6) is -0.111. The number of benzene rings is 3. The summed E-state index contributed by atoms with van der Waals surface area (Å²) in [5, 5.41) is 6.10. The Morgan fingerprint density at radius 2 is 1.42 bits per heavy atom.